The van der Waals surface area contributed by atoms with Crippen molar-refractivity contribution in [3.05, 3.63) is 63.7 Å². The van der Waals surface area contributed by atoms with E-state index in [9.17, 15) is 19.8 Å². The Morgan fingerprint density at radius 2 is 2.00 bits per heavy atom. The number of ether oxygens (including phenoxy) is 1. The minimum absolute atomic E-state index is 0.00579. The third kappa shape index (κ3) is 4.24. The molecule has 4 rings (SSSR count). The lowest BCUT2D eigenvalue weighted by atomic mass is 10.1. The number of allylic oxidation sites excluding steroid dienone is 2. The van der Waals surface area contributed by atoms with Gasteiger partial charge in [0.05, 0.1) is 12.7 Å². The molecule has 1 aliphatic rings. The summed E-state index contributed by atoms with van der Waals surface area (Å²) in [4.78, 5) is 34.7. The van der Waals surface area contributed by atoms with Gasteiger partial charge in [0.25, 0.3) is 5.56 Å². The molecule has 1 aliphatic heterocycles. The minimum atomic E-state index is -0.864. The van der Waals surface area contributed by atoms with E-state index in [2.05, 4.69) is 15.0 Å². The van der Waals surface area contributed by atoms with Gasteiger partial charge in [-0.25, -0.2) is 4.98 Å². The number of nitrogen functional groups attached to an aromatic ring is 1. The molecule has 32 heavy (non-hydrogen) atoms. The van der Waals surface area contributed by atoms with Gasteiger partial charge in [-0.1, -0.05) is 42.5 Å². The molecular formula is C22H23N5O5. The summed E-state index contributed by atoms with van der Waals surface area (Å²) in [6.45, 7) is 1.18. The first-order valence-electron chi connectivity index (χ1n) is 10.0. The predicted molar refractivity (Wildman–Crippen MR) is 119 cm³/mol. The summed E-state index contributed by atoms with van der Waals surface area (Å²) in [5.41, 5.74) is 7.09. The zero-order chi connectivity index (χ0) is 22.8. The van der Waals surface area contributed by atoms with Gasteiger partial charge in [0, 0.05) is 12.0 Å². The summed E-state index contributed by atoms with van der Waals surface area (Å²) < 4.78 is 7.34. The smallest absolute Gasteiger partial charge is 0.280 e. The molecule has 0 spiro atoms. The molecule has 0 amide bonds. The lowest BCUT2D eigenvalue weighted by Crippen LogP contribution is -2.24. The molecule has 0 aliphatic carbocycles. The van der Waals surface area contributed by atoms with Gasteiger partial charge in [0.1, 0.15) is 18.2 Å². The number of hydrogen-bond donors (Lipinski definition) is 4. The molecule has 10 heteroatoms. The van der Waals surface area contributed by atoms with Crippen LogP contribution in [0.5, 0.6) is 0 Å². The monoisotopic (exact) mass is 437 g/mol. The number of nitrogens with zero attached hydrogens (tertiary/aromatic N) is 3. The van der Waals surface area contributed by atoms with Gasteiger partial charge in [-0.2, -0.15) is 4.98 Å². The second-order valence-electron chi connectivity index (χ2n) is 7.47. The van der Waals surface area contributed by atoms with Crippen LogP contribution in [0.3, 0.4) is 0 Å². The summed E-state index contributed by atoms with van der Waals surface area (Å²) in [5, 5.41) is 19.6. The molecule has 5 N–H and O–H groups in total. The van der Waals surface area contributed by atoms with Gasteiger partial charge in [0.2, 0.25) is 5.95 Å². The Hall–Kier alpha value is -3.60. The van der Waals surface area contributed by atoms with Crippen LogP contribution in [0, 0.1) is 0 Å². The Bertz CT molecular complexity index is 1260. The van der Waals surface area contributed by atoms with Crippen LogP contribution in [0.25, 0.3) is 23.3 Å². The fraction of sp³-hybridized carbons (Fsp3) is 0.273. The van der Waals surface area contributed by atoms with Crippen molar-refractivity contribution in [1.29, 1.82) is 0 Å². The molecular weight excluding hydrogens is 414 g/mol. The Morgan fingerprint density at radius 3 is 2.66 bits per heavy atom. The van der Waals surface area contributed by atoms with Crippen LogP contribution in [0.15, 0.2) is 41.2 Å². The number of nitrogens with two attached hydrogens (primary N) is 1. The summed E-state index contributed by atoms with van der Waals surface area (Å²) in [6.07, 6.45) is 4.98. The zero-order valence-corrected chi connectivity index (χ0v) is 17.3. The van der Waals surface area contributed by atoms with E-state index in [1.165, 1.54) is 6.92 Å². The van der Waals surface area contributed by atoms with Crippen molar-refractivity contribution in [1.82, 2.24) is 19.5 Å². The Labute approximate surface area is 182 Å². The van der Waals surface area contributed by atoms with E-state index < -0.39 is 24.0 Å². The van der Waals surface area contributed by atoms with Crippen LogP contribution in [-0.4, -0.2) is 54.3 Å². The lowest BCUT2D eigenvalue weighted by molar-refractivity contribution is -0.0434. The van der Waals surface area contributed by atoms with Crippen LogP contribution in [0.1, 0.15) is 41.3 Å². The van der Waals surface area contributed by atoms with Crippen molar-refractivity contribution in [2.45, 2.75) is 31.8 Å². The van der Waals surface area contributed by atoms with Gasteiger partial charge in [-0.15, -0.1) is 0 Å². The molecule has 0 unspecified atom stereocenters. The molecule has 3 aromatic rings. The summed E-state index contributed by atoms with van der Waals surface area (Å²) >= 11 is 0. The number of anilines is 1. The molecule has 1 saturated heterocycles. The van der Waals surface area contributed by atoms with Crippen molar-refractivity contribution < 1.29 is 19.7 Å². The standard InChI is InChI=1S/C22H23N5O5/c1-12(29)14-8-6-13(7-9-14)4-2-3-5-17-24-19-20(25-22(23)26-21(19)31)27(17)18-10-15(30)16(11-28)32-18/h2-9,15-16,18,28,30H,10-11H2,1H3,(H3,23,25,26,31)/b4-2+,5-3+/t15-,16+,18+/m0/s1. The first-order valence-corrected chi connectivity index (χ1v) is 10.0. The average Bonchev–Trinajstić information content (AvgIpc) is 3.31. The number of ketones is 1. The quantitative estimate of drug-likeness (QED) is 0.332. The highest BCUT2D eigenvalue weighted by atomic mass is 16.5. The van der Waals surface area contributed by atoms with Gasteiger partial charge in [-0.05, 0) is 18.6 Å². The van der Waals surface area contributed by atoms with E-state index in [1.807, 2.05) is 18.2 Å². The minimum Gasteiger partial charge on any atom is -0.394 e. The molecule has 2 aromatic heterocycles. The van der Waals surface area contributed by atoms with Crippen LogP contribution in [0.4, 0.5) is 5.95 Å². The number of fused-ring (bicyclic) bond motifs is 1. The highest BCUT2D eigenvalue weighted by Crippen LogP contribution is 2.32. The molecule has 1 aromatic carbocycles. The number of hydrogen-bond acceptors (Lipinski definition) is 8. The molecule has 3 heterocycles. The largest absolute Gasteiger partial charge is 0.394 e. The molecule has 0 saturated carbocycles. The van der Waals surface area contributed by atoms with Gasteiger partial charge in [-0.3, -0.25) is 19.1 Å². The summed E-state index contributed by atoms with van der Waals surface area (Å²) in [6, 6.07) is 7.19. The number of nitrogens with one attached hydrogen (secondary N) is 1. The van der Waals surface area contributed by atoms with E-state index in [0.29, 0.717) is 11.4 Å². The maximum Gasteiger partial charge on any atom is 0.280 e. The number of carbonyl (C=O) groups excluding carboxylic acids is 1. The van der Waals surface area contributed by atoms with Crippen LogP contribution < -0.4 is 11.3 Å². The van der Waals surface area contributed by atoms with Crippen molar-refractivity contribution in [3.63, 3.8) is 0 Å². The summed E-state index contributed by atoms with van der Waals surface area (Å²) in [7, 11) is 0. The number of aliphatic hydroxyl groups is 2. The molecule has 10 nitrogen and oxygen atoms in total. The third-order valence-corrected chi connectivity index (χ3v) is 5.23. The predicted octanol–water partition coefficient (Wildman–Crippen LogP) is 1.27. The molecule has 166 valence electrons. The van der Waals surface area contributed by atoms with Crippen molar-refractivity contribution in [2.24, 2.45) is 0 Å². The number of benzene rings is 1. The number of Topliss-reactive ketones (excluding diaryl/α,β-unsaturated/α-hetero) is 1. The number of carbonyl (C=O) groups is 1. The van der Waals surface area contributed by atoms with E-state index in [-0.39, 0.29) is 35.9 Å². The van der Waals surface area contributed by atoms with Crippen molar-refractivity contribution in [3.8, 4) is 0 Å². The van der Waals surface area contributed by atoms with Crippen LogP contribution in [0.2, 0.25) is 0 Å². The Kier molecular flexibility index (Phi) is 5.99. The number of imidazole rings is 1. The maximum absolute atomic E-state index is 12.3. The SMILES string of the molecule is CC(=O)c1ccc(/C=C/C=C/c2nc3c(=O)[nH]c(N)nc3n2[C@H]2C[C@H](O)[C@@H](CO)O2)cc1. The number of aliphatic hydroxyl groups excluding tert-OH is 2. The highest BCUT2D eigenvalue weighted by Gasteiger charge is 2.36. The Balaban J connectivity index is 1.66. The number of rotatable bonds is 6. The maximum atomic E-state index is 12.3. The topological polar surface area (TPSA) is 156 Å². The van der Waals surface area contributed by atoms with Crippen molar-refractivity contribution in [2.75, 3.05) is 12.3 Å². The fourth-order valence-corrected chi connectivity index (χ4v) is 3.59. The Morgan fingerprint density at radius 1 is 1.28 bits per heavy atom. The fourth-order valence-electron chi connectivity index (χ4n) is 3.59. The number of aromatic amines is 1. The van der Waals surface area contributed by atoms with Gasteiger partial charge in [0.15, 0.2) is 16.9 Å². The van der Waals surface area contributed by atoms with E-state index in [4.69, 9.17) is 10.5 Å². The van der Waals surface area contributed by atoms with Crippen molar-refractivity contribution >= 4 is 35.0 Å². The van der Waals surface area contributed by atoms with Gasteiger partial charge < -0.3 is 20.7 Å². The van der Waals surface area contributed by atoms with Crippen LogP contribution in [-0.2, 0) is 4.74 Å². The molecule has 3 atom stereocenters. The summed E-state index contributed by atoms with van der Waals surface area (Å²) in [5.74, 6) is 0.326. The lowest BCUT2D eigenvalue weighted by Gasteiger charge is -2.15. The van der Waals surface area contributed by atoms with Crippen LogP contribution >= 0.6 is 0 Å². The van der Waals surface area contributed by atoms with E-state index >= 15 is 0 Å². The average molecular weight is 437 g/mol. The molecule has 0 bridgehead atoms. The zero-order valence-electron chi connectivity index (χ0n) is 17.3. The number of H-pyrrole nitrogens is 1. The first kappa shape index (κ1) is 21.6. The first-order chi connectivity index (χ1) is 15.4. The third-order valence-electron chi connectivity index (χ3n) is 5.23. The van der Waals surface area contributed by atoms with Gasteiger partial charge >= 0.3 is 0 Å². The van der Waals surface area contributed by atoms with E-state index in [1.54, 1.807) is 34.9 Å². The molecule has 0 radical (unpaired) electrons. The molecule has 1 fully saturated rings. The number of aromatic nitrogens is 4. The van der Waals surface area contributed by atoms with E-state index in [0.717, 1.165) is 5.56 Å². The second kappa shape index (κ2) is 8.87. The highest BCUT2D eigenvalue weighted by molar-refractivity contribution is 5.94. The normalized spacial score (nSPS) is 21.3. The second-order valence-corrected chi connectivity index (χ2v) is 7.47.